The van der Waals surface area contributed by atoms with Gasteiger partial charge < -0.3 is 0 Å². The summed E-state index contributed by atoms with van der Waals surface area (Å²) in [6, 6.07) is 0. The number of rotatable bonds is 3. The molecule has 0 aromatic rings. The SMILES string of the molecule is C=C(C)C1CCC1CCC. The molecule has 0 heteroatoms. The summed E-state index contributed by atoms with van der Waals surface area (Å²) in [7, 11) is 0. The third-order valence-corrected chi connectivity index (χ3v) is 2.71. The lowest BCUT2D eigenvalue weighted by molar-refractivity contribution is 0.199. The van der Waals surface area contributed by atoms with E-state index in [2.05, 4.69) is 20.4 Å². The molecule has 0 amide bonds. The minimum absolute atomic E-state index is 0.875. The Labute approximate surface area is 64.3 Å². The second-order valence-electron chi connectivity index (χ2n) is 3.58. The van der Waals surface area contributed by atoms with Crippen LogP contribution < -0.4 is 0 Å². The Morgan fingerprint density at radius 3 is 2.50 bits per heavy atom. The molecule has 1 fully saturated rings. The molecule has 58 valence electrons. The zero-order valence-corrected chi connectivity index (χ0v) is 7.19. The molecule has 10 heavy (non-hydrogen) atoms. The fourth-order valence-electron chi connectivity index (χ4n) is 1.93. The monoisotopic (exact) mass is 138 g/mol. The maximum Gasteiger partial charge on any atom is -0.0180 e. The van der Waals surface area contributed by atoms with Crippen molar-refractivity contribution < 1.29 is 0 Å². The van der Waals surface area contributed by atoms with Crippen LogP contribution in [0.15, 0.2) is 12.2 Å². The molecule has 0 saturated heterocycles. The Hall–Kier alpha value is -0.260. The first-order valence-corrected chi connectivity index (χ1v) is 4.41. The molecule has 1 aliphatic carbocycles. The van der Waals surface area contributed by atoms with Crippen LogP contribution in [0.1, 0.15) is 39.5 Å². The minimum Gasteiger partial charge on any atom is -0.0999 e. The molecule has 2 unspecified atom stereocenters. The molecule has 1 aliphatic rings. The first-order valence-electron chi connectivity index (χ1n) is 4.41. The molecule has 1 saturated carbocycles. The number of hydrogen-bond acceptors (Lipinski definition) is 0. The van der Waals surface area contributed by atoms with E-state index >= 15 is 0 Å². The highest BCUT2D eigenvalue weighted by Crippen LogP contribution is 2.41. The Balaban J connectivity index is 2.28. The van der Waals surface area contributed by atoms with Crippen LogP contribution in [0.4, 0.5) is 0 Å². The lowest BCUT2D eigenvalue weighted by Crippen LogP contribution is -2.26. The van der Waals surface area contributed by atoms with Gasteiger partial charge in [-0.3, -0.25) is 0 Å². The zero-order chi connectivity index (χ0) is 7.56. The van der Waals surface area contributed by atoms with Gasteiger partial charge in [-0.05, 0) is 31.6 Å². The highest BCUT2D eigenvalue weighted by Gasteiger charge is 2.29. The molecule has 0 aromatic heterocycles. The molecule has 0 nitrogen and oxygen atoms in total. The van der Waals surface area contributed by atoms with Crippen molar-refractivity contribution in [2.75, 3.05) is 0 Å². The van der Waals surface area contributed by atoms with Gasteiger partial charge in [0.25, 0.3) is 0 Å². The Bertz CT molecular complexity index is 124. The molecule has 0 aromatic carbocycles. The largest absolute Gasteiger partial charge is 0.0999 e. The van der Waals surface area contributed by atoms with E-state index in [4.69, 9.17) is 0 Å². The van der Waals surface area contributed by atoms with Gasteiger partial charge in [-0.25, -0.2) is 0 Å². The number of allylic oxidation sites excluding steroid dienone is 1. The maximum absolute atomic E-state index is 4.01. The van der Waals surface area contributed by atoms with E-state index in [9.17, 15) is 0 Å². The van der Waals surface area contributed by atoms with Gasteiger partial charge in [-0.2, -0.15) is 0 Å². The highest BCUT2D eigenvalue weighted by atomic mass is 14.3. The van der Waals surface area contributed by atoms with Gasteiger partial charge in [0.1, 0.15) is 0 Å². The third-order valence-electron chi connectivity index (χ3n) is 2.71. The second-order valence-corrected chi connectivity index (χ2v) is 3.58. The third kappa shape index (κ3) is 1.42. The summed E-state index contributed by atoms with van der Waals surface area (Å²) < 4.78 is 0. The van der Waals surface area contributed by atoms with Crippen LogP contribution in [0.3, 0.4) is 0 Å². The van der Waals surface area contributed by atoms with Crippen molar-refractivity contribution >= 4 is 0 Å². The van der Waals surface area contributed by atoms with E-state index in [0.29, 0.717) is 0 Å². The maximum atomic E-state index is 4.01. The lowest BCUT2D eigenvalue weighted by Gasteiger charge is -2.37. The highest BCUT2D eigenvalue weighted by molar-refractivity contribution is 5.03. The van der Waals surface area contributed by atoms with E-state index < -0.39 is 0 Å². The summed E-state index contributed by atoms with van der Waals surface area (Å²) in [6.45, 7) is 8.45. The lowest BCUT2D eigenvalue weighted by atomic mass is 9.68. The number of hydrogen-bond donors (Lipinski definition) is 0. The van der Waals surface area contributed by atoms with E-state index in [-0.39, 0.29) is 0 Å². The van der Waals surface area contributed by atoms with Gasteiger partial charge in [0.2, 0.25) is 0 Å². The van der Waals surface area contributed by atoms with E-state index in [0.717, 1.165) is 11.8 Å². The van der Waals surface area contributed by atoms with Crippen LogP contribution in [-0.2, 0) is 0 Å². The molecule has 0 N–H and O–H groups in total. The van der Waals surface area contributed by atoms with Crippen molar-refractivity contribution in [1.29, 1.82) is 0 Å². The zero-order valence-electron chi connectivity index (χ0n) is 7.19. The standard InChI is InChI=1S/C10H18/c1-4-5-9-6-7-10(9)8(2)3/h9-10H,2,4-7H2,1,3H3. The van der Waals surface area contributed by atoms with Crippen molar-refractivity contribution in [3.63, 3.8) is 0 Å². The minimum atomic E-state index is 0.875. The van der Waals surface area contributed by atoms with E-state index in [1.165, 1.54) is 31.3 Å². The summed E-state index contributed by atoms with van der Waals surface area (Å²) in [4.78, 5) is 0. The molecular weight excluding hydrogens is 120 g/mol. The van der Waals surface area contributed by atoms with Gasteiger partial charge in [0.15, 0.2) is 0 Å². The van der Waals surface area contributed by atoms with Crippen LogP contribution in [0.2, 0.25) is 0 Å². The van der Waals surface area contributed by atoms with Gasteiger partial charge in [-0.1, -0.05) is 31.9 Å². The van der Waals surface area contributed by atoms with Crippen LogP contribution in [0.25, 0.3) is 0 Å². The Morgan fingerprint density at radius 1 is 1.50 bits per heavy atom. The molecular formula is C10H18. The molecule has 0 spiro atoms. The van der Waals surface area contributed by atoms with Gasteiger partial charge in [0, 0.05) is 0 Å². The smallest absolute Gasteiger partial charge is 0.0180 e. The molecule has 0 bridgehead atoms. The predicted octanol–water partition coefficient (Wildman–Crippen LogP) is 3.39. The van der Waals surface area contributed by atoms with Crippen molar-refractivity contribution in [3.05, 3.63) is 12.2 Å². The Kier molecular flexibility index (Phi) is 2.53. The van der Waals surface area contributed by atoms with E-state index in [1.807, 2.05) is 0 Å². The van der Waals surface area contributed by atoms with Crippen molar-refractivity contribution in [2.45, 2.75) is 39.5 Å². The first kappa shape index (κ1) is 7.84. The van der Waals surface area contributed by atoms with Gasteiger partial charge in [0.05, 0.1) is 0 Å². The topological polar surface area (TPSA) is 0 Å². The fraction of sp³-hybridized carbons (Fsp3) is 0.800. The average molecular weight is 138 g/mol. The average Bonchev–Trinajstić information content (AvgIpc) is 1.78. The van der Waals surface area contributed by atoms with Crippen molar-refractivity contribution in [2.24, 2.45) is 11.8 Å². The van der Waals surface area contributed by atoms with E-state index in [1.54, 1.807) is 0 Å². The fourth-order valence-corrected chi connectivity index (χ4v) is 1.93. The molecule has 0 radical (unpaired) electrons. The summed E-state index contributed by atoms with van der Waals surface area (Å²) in [5, 5.41) is 0. The second kappa shape index (κ2) is 3.23. The van der Waals surface area contributed by atoms with Crippen LogP contribution in [0, 0.1) is 11.8 Å². The van der Waals surface area contributed by atoms with Crippen molar-refractivity contribution in [1.82, 2.24) is 0 Å². The molecule has 1 rings (SSSR count). The molecule has 0 heterocycles. The summed E-state index contributed by atoms with van der Waals surface area (Å²) in [6.07, 6.45) is 5.61. The van der Waals surface area contributed by atoms with Crippen LogP contribution in [-0.4, -0.2) is 0 Å². The predicted molar refractivity (Wildman–Crippen MR) is 45.9 cm³/mol. The summed E-state index contributed by atoms with van der Waals surface area (Å²) in [5.74, 6) is 1.86. The normalized spacial score (nSPS) is 31.4. The Morgan fingerprint density at radius 2 is 2.20 bits per heavy atom. The summed E-state index contributed by atoms with van der Waals surface area (Å²) >= 11 is 0. The molecule has 0 aliphatic heterocycles. The van der Waals surface area contributed by atoms with Crippen LogP contribution in [0.5, 0.6) is 0 Å². The molecule has 2 atom stereocenters. The van der Waals surface area contributed by atoms with Crippen molar-refractivity contribution in [3.8, 4) is 0 Å². The first-order chi connectivity index (χ1) is 4.75. The van der Waals surface area contributed by atoms with Crippen LogP contribution >= 0.6 is 0 Å². The van der Waals surface area contributed by atoms with Gasteiger partial charge in [-0.15, -0.1) is 0 Å². The summed E-state index contributed by atoms with van der Waals surface area (Å²) in [5.41, 5.74) is 1.41. The quantitative estimate of drug-likeness (QED) is 0.524. The van der Waals surface area contributed by atoms with Gasteiger partial charge >= 0.3 is 0 Å².